The van der Waals surface area contributed by atoms with Gasteiger partial charge in [-0.3, -0.25) is 0 Å². The molecule has 0 N–H and O–H groups in total. The molecule has 1 aliphatic carbocycles. The lowest BCUT2D eigenvalue weighted by Gasteiger charge is -2.16. The molecule has 0 atom stereocenters. The second-order valence-electron chi connectivity index (χ2n) is 4.76. The van der Waals surface area contributed by atoms with Crippen molar-refractivity contribution in [3.63, 3.8) is 0 Å². The van der Waals surface area contributed by atoms with E-state index in [9.17, 15) is 0 Å². The lowest BCUT2D eigenvalue weighted by atomic mass is 9.87. The summed E-state index contributed by atoms with van der Waals surface area (Å²) >= 11 is 0. The minimum atomic E-state index is 0.201. The fraction of sp³-hybridized carbons (Fsp3) is 0.333. The van der Waals surface area contributed by atoms with Crippen molar-refractivity contribution < 1.29 is 0 Å². The van der Waals surface area contributed by atoms with Crippen molar-refractivity contribution in [2.45, 2.75) is 32.1 Å². The van der Waals surface area contributed by atoms with Crippen LogP contribution < -0.4 is 0 Å². The quantitative estimate of drug-likeness (QED) is 0.634. The van der Waals surface area contributed by atoms with Gasteiger partial charge in [-0.25, -0.2) is 0 Å². The largest absolute Gasteiger partial charge is 0.103 e. The number of rotatable bonds is 3. The minimum Gasteiger partial charge on any atom is -0.103 e. The second kappa shape index (κ2) is 3.69. The molecule has 78 valence electrons. The van der Waals surface area contributed by atoms with Gasteiger partial charge in [0.05, 0.1) is 0 Å². The zero-order valence-corrected chi connectivity index (χ0v) is 9.59. The Morgan fingerprint density at radius 3 is 2.73 bits per heavy atom. The highest BCUT2D eigenvalue weighted by atomic mass is 14.3. The van der Waals surface area contributed by atoms with Gasteiger partial charge in [0.2, 0.25) is 0 Å². The normalized spacial score (nSPS) is 17.1. The van der Waals surface area contributed by atoms with Gasteiger partial charge in [0, 0.05) is 5.41 Å². The number of benzene rings is 1. The molecule has 0 spiro atoms. The van der Waals surface area contributed by atoms with E-state index in [2.05, 4.69) is 50.8 Å². The fourth-order valence-electron chi connectivity index (χ4n) is 2.38. The maximum atomic E-state index is 3.79. The third-order valence-corrected chi connectivity index (χ3v) is 3.12. The van der Waals surface area contributed by atoms with E-state index in [1.807, 2.05) is 6.08 Å². The highest BCUT2D eigenvalue weighted by Crippen LogP contribution is 2.41. The molecule has 0 saturated heterocycles. The SMILES string of the molecule is C=CCCC1=CC(C)(C)c2ccccc21. The van der Waals surface area contributed by atoms with Crippen molar-refractivity contribution in [2.24, 2.45) is 0 Å². The fourth-order valence-corrected chi connectivity index (χ4v) is 2.38. The van der Waals surface area contributed by atoms with Gasteiger partial charge < -0.3 is 0 Å². The molecule has 15 heavy (non-hydrogen) atoms. The molecular formula is C15H18. The summed E-state index contributed by atoms with van der Waals surface area (Å²) in [5.74, 6) is 0. The molecule has 0 fully saturated rings. The van der Waals surface area contributed by atoms with Crippen LogP contribution in [0.1, 0.15) is 37.8 Å². The molecule has 1 aromatic rings. The Labute approximate surface area is 92.3 Å². The topological polar surface area (TPSA) is 0 Å². The molecule has 0 heteroatoms. The van der Waals surface area contributed by atoms with E-state index in [0.29, 0.717) is 0 Å². The first-order valence-electron chi connectivity index (χ1n) is 5.57. The number of allylic oxidation sites excluding steroid dienone is 3. The standard InChI is InChI=1S/C15H18/c1-4-5-8-12-11-15(2,3)14-10-7-6-9-13(12)14/h4,6-7,9-11H,1,5,8H2,2-3H3. The summed E-state index contributed by atoms with van der Waals surface area (Å²) in [5.41, 5.74) is 4.58. The molecule has 2 rings (SSSR count). The average Bonchev–Trinajstić information content (AvgIpc) is 2.49. The van der Waals surface area contributed by atoms with Crippen LogP contribution in [0.5, 0.6) is 0 Å². The Kier molecular flexibility index (Phi) is 2.52. The highest BCUT2D eigenvalue weighted by molar-refractivity contribution is 5.76. The van der Waals surface area contributed by atoms with Crippen LogP contribution in [0.25, 0.3) is 5.57 Å². The van der Waals surface area contributed by atoms with E-state index in [1.54, 1.807) is 0 Å². The molecule has 0 saturated carbocycles. The molecule has 1 aliphatic rings. The van der Waals surface area contributed by atoms with Gasteiger partial charge in [-0.05, 0) is 29.5 Å². The van der Waals surface area contributed by atoms with Gasteiger partial charge in [-0.15, -0.1) is 6.58 Å². The number of hydrogen-bond acceptors (Lipinski definition) is 0. The van der Waals surface area contributed by atoms with Crippen molar-refractivity contribution in [3.8, 4) is 0 Å². The van der Waals surface area contributed by atoms with Crippen molar-refractivity contribution in [1.82, 2.24) is 0 Å². The monoisotopic (exact) mass is 198 g/mol. The molecular weight excluding hydrogens is 180 g/mol. The van der Waals surface area contributed by atoms with Gasteiger partial charge in [-0.2, -0.15) is 0 Å². The summed E-state index contributed by atoms with van der Waals surface area (Å²) in [6.45, 7) is 8.36. The molecule has 0 aliphatic heterocycles. The van der Waals surface area contributed by atoms with E-state index in [-0.39, 0.29) is 5.41 Å². The van der Waals surface area contributed by atoms with Gasteiger partial charge in [0.15, 0.2) is 0 Å². The molecule has 0 amide bonds. The van der Waals surface area contributed by atoms with Crippen LogP contribution in [-0.2, 0) is 5.41 Å². The Hall–Kier alpha value is -1.30. The number of hydrogen-bond donors (Lipinski definition) is 0. The maximum absolute atomic E-state index is 3.79. The first-order chi connectivity index (χ1) is 7.15. The van der Waals surface area contributed by atoms with E-state index >= 15 is 0 Å². The number of fused-ring (bicyclic) bond motifs is 1. The molecule has 0 radical (unpaired) electrons. The first-order valence-corrected chi connectivity index (χ1v) is 5.57. The van der Waals surface area contributed by atoms with Gasteiger partial charge in [0.1, 0.15) is 0 Å². The van der Waals surface area contributed by atoms with Gasteiger partial charge in [-0.1, -0.05) is 50.3 Å². The molecule has 0 unspecified atom stereocenters. The maximum Gasteiger partial charge on any atom is 0.00873 e. The summed E-state index contributed by atoms with van der Waals surface area (Å²) in [5, 5.41) is 0. The van der Waals surface area contributed by atoms with E-state index in [0.717, 1.165) is 12.8 Å². The molecule has 1 aromatic carbocycles. The van der Waals surface area contributed by atoms with Crippen molar-refractivity contribution >= 4 is 5.57 Å². The summed E-state index contributed by atoms with van der Waals surface area (Å²) in [6.07, 6.45) is 6.58. The molecule has 0 bridgehead atoms. The van der Waals surface area contributed by atoms with Crippen LogP contribution in [0, 0.1) is 0 Å². The Bertz CT molecular complexity index is 408. The molecule has 0 aromatic heterocycles. The summed E-state index contributed by atoms with van der Waals surface area (Å²) < 4.78 is 0. The summed E-state index contributed by atoms with van der Waals surface area (Å²) in [7, 11) is 0. The van der Waals surface area contributed by atoms with Crippen molar-refractivity contribution in [1.29, 1.82) is 0 Å². The van der Waals surface area contributed by atoms with Crippen molar-refractivity contribution in [2.75, 3.05) is 0 Å². The Morgan fingerprint density at radius 1 is 1.27 bits per heavy atom. The third-order valence-electron chi connectivity index (χ3n) is 3.12. The van der Waals surface area contributed by atoms with E-state index in [4.69, 9.17) is 0 Å². The predicted octanol–water partition coefficient (Wildman–Crippen LogP) is 4.33. The summed E-state index contributed by atoms with van der Waals surface area (Å²) in [6, 6.07) is 8.73. The molecule has 0 heterocycles. The molecule has 0 nitrogen and oxygen atoms in total. The van der Waals surface area contributed by atoms with Crippen LogP contribution in [0.2, 0.25) is 0 Å². The second-order valence-corrected chi connectivity index (χ2v) is 4.76. The van der Waals surface area contributed by atoms with Crippen LogP contribution in [0.3, 0.4) is 0 Å². The van der Waals surface area contributed by atoms with Crippen LogP contribution >= 0.6 is 0 Å². The first kappa shape index (κ1) is 10.2. The zero-order chi connectivity index (χ0) is 10.9. The van der Waals surface area contributed by atoms with Crippen LogP contribution in [-0.4, -0.2) is 0 Å². The van der Waals surface area contributed by atoms with Gasteiger partial charge in [0.25, 0.3) is 0 Å². The van der Waals surface area contributed by atoms with E-state index in [1.165, 1.54) is 16.7 Å². The Balaban J connectivity index is 2.39. The zero-order valence-electron chi connectivity index (χ0n) is 9.59. The Morgan fingerprint density at radius 2 is 2.00 bits per heavy atom. The smallest absolute Gasteiger partial charge is 0.00873 e. The summed E-state index contributed by atoms with van der Waals surface area (Å²) in [4.78, 5) is 0. The van der Waals surface area contributed by atoms with Crippen molar-refractivity contribution in [3.05, 3.63) is 54.1 Å². The lowest BCUT2D eigenvalue weighted by molar-refractivity contribution is 0.682. The highest BCUT2D eigenvalue weighted by Gasteiger charge is 2.28. The van der Waals surface area contributed by atoms with E-state index < -0.39 is 0 Å². The van der Waals surface area contributed by atoms with Crippen LogP contribution in [0.15, 0.2) is 43.0 Å². The average molecular weight is 198 g/mol. The lowest BCUT2D eigenvalue weighted by Crippen LogP contribution is -2.10. The van der Waals surface area contributed by atoms with Gasteiger partial charge >= 0.3 is 0 Å². The predicted molar refractivity (Wildman–Crippen MR) is 66.9 cm³/mol. The minimum absolute atomic E-state index is 0.201. The third kappa shape index (κ3) is 1.77. The van der Waals surface area contributed by atoms with Crippen LogP contribution in [0.4, 0.5) is 0 Å².